The van der Waals surface area contributed by atoms with E-state index in [9.17, 15) is 4.79 Å². The molecule has 3 heteroatoms. The zero-order valence-electron chi connectivity index (χ0n) is 11.3. The highest BCUT2D eigenvalue weighted by molar-refractivity contribution is 5.92. The van der Waals surface area contributed by atoms with Gasteiger partial charge in [-0.3, -0.25) is 4.79 Å². The quantitative estimate of drug-likeness (QED) is 0.792. The lowest BCUT2D eigenvalue weighted by molar-refractivity contribution is 0.0944. The van der Waals surface area contributed by atoms with Crippen molar-refractivity contribution in [1.82, 2.24) is 9.88 Å². The molecule has 2 aromatic rings. The highest BCUT2D eigenvalue weighted by atomic mass is 16.1. The summed E-state index contributed by atoms with van der Waals surface area (Å²) in [6.07, 6.45) is 4.05. The monoisotopic (exact) mass is 256 g/mol. The standard InChI is InChI=1S/C16H20N2O/c1-2-3-11-17-16(19)15-10-7-12-18(15)13-14-8-5-4-6-9-14/h4-10,12H,2-3,11,13H2,1H3,(H,17,19). The van der Waals surface area contributed by atoms with Crippen LogP contribution in [0.1, 0.15) is 35.8 Å². The molecule has 1 aromatic carbocycles. The third kappa shape index (κ3) is 3.71. The number of rotatable bonds is 6. The molecule has 100 valence electrons. The molecule has 1 N–H and O–H groups in total. The van der Waals surface area contributed by atoms with Crippen molar-refractivity contribution in [2.75, 3.05) is 6.54 Å². The first kappa shape index (κ1) is 13.4. The van der Waals surface area contributed by atoms with Gasteiger partial charge in [-0.25, -0.2) is 0 Å². The molecule has 2 rings (SSSR count). The van der Waals surface area contributed by atoms with E-state index in [0.29, 0.717) is 0 Å². The smallest absolute Gasteiger partial charge is 0.267 e. The van der Waals surface area contributed by atoms with Gasteiger partial charge in [0, 0.05) is 19.3 Å². The minimum absolute atomic E-state index is 0.00869. The lowest BCUT2D eigenvalue weighted by Crippen LogP contribution is -2.26. The van der Waals surface area contributed by atoms with Crippen LogP contribution in [0.3, 0.4) is 0 Å². The average Bonchev–Trinajstić information content (AvgIpc) is 2.88. The number of carbonyl (C=O) groups is 1. The third-order valence-electron chi connectivity index (χ3n) is 3.07. The summed E-state index contributed by atoms with van der Waals surface area (Å²) in [7, 11) is 0. The maximum Gasteiger partial charge on any atom is 0.267 e. The van der Waals surface area contributed by atoms with Gasteiger partial charge >= 0.3 is 0 Å². The van der Waals surface area contributed by atoms with Crippen LogP contribution in [-0.4, -0.2) is 17.0 Å². The molecule has 0 atom stereocenters. The Morgan fingerprint density at radius 1 is 1.16 bits per heavy atom. The lowest BCUT2D eigenvalue weighted by Gasteiger charge is -2.09. The molecule has 0 saturated heterocycles. The summed E-state index contributed by atoms with van der Waals surface area (Å²) in [5.41, 5.74) is 1.92. The maximum atomic E-state index is 12.1. The molecule has 1 heterocycles. The predicted octanol–water partition coefficient (Wildman–Crippen LogP) is 3.07. The Morgan fingerprint density at radius 2 is 1.95 bits per heavy atom. The fraction of sp³-hybridized carbons (Fsp3) is 0.312. The zero-order chi connectivity index (χ0) is 13.5. The summed E-state index contributed by atoms with van der Waals surface area (Å²) >= 11 is 0. The Balaban J connectivity index is 2.03. The second kappa shape index (κ2) is 6.78. The summed E-state index contributed by atoms with van der Waals surface area (Å²) in [5.74, 6) is 0.00869. The van der Waals surface area contributed by atoms with Crippen molar-refractivity contribution in [2.24, 2.45) is 0 Å². The second-order valence-electron chi connectivity index (χ2n) is 4.62. The van der Waals surface area contributed by atoms with E-state index in [1.54, 1.807) is 0 Å². The topological polar surface area (TPSA) is 34.0 Å². The van der Waals surface area contributed by atoms with Crippen molar-refractivity contribution < 1.29 is 4.79 Å². The molecule has 0 unspecified atom stereocenters. The van der Waals surface area contributed by atoms with Gasteiger partial charge in [0.1, 0.15) is 5.69 Å². The lowest BCUT2D eigenvalue weighted by atomic mass is 10.2. The van der Waals surface area contributed by atoms with Gasteiger partial charge in [0.25, 0.3) is 5.91 Å². The van der Waals surface area contributed by atoms with E-state index in [-0.39, 0.29) is 5.91 Å². The van der Waals surface area contributed by atoms with E-state index >= 15 is 0 Å². The number of benzene rings is 1. The van der Waals surface area contributed by atoms with E-state index in [1.165, 1.54) is 5.56 Å². The van der Waals surface area contributed by atoms with Crippen molar-refractivity contribution in [3.8, 4) is 0 Å². The Bertz CT molecular complexity index is 517. The highest BCUT2D eigenvalue weighted by Crippen LogP contribution is 2.07. The summed E-state index contributed by atoms with van der Waals surface area (Å²) in [4.78, 5) is 12.1. The Labute approximate surface area is 114 Å². The number of amides is 1. The predicted molar refractivity (Wildman–Crippen MR) is 77.2 cm³/mol. The molecule has 0 spiro atoms. The molecule has 0 radical (unpaired) electrons. The first-order valence-corrected chi connectivity index (χ1v) is 6.78. The van der Waals surface area contributed by atoms with Crippen molar-refractivity contribution in [3.63, 3.8) is 0 Å². The molecule has 0 bridgehead atoms. The molecule has 0 fully saturated rings. The Morgan fingerprint density at radius 3 is 2.68 bits per heavy atom. The van der Waals surface area contributed by atoms with Gasteiger partial charge in [0.05, 0.1) is 0 Å². The molecular weight excluding hydrogens is 236 g/mol. The molecule has 0 aliphatic carbocycles. The first-order chi connectivity index (χ1) is 9.31. The molecule has 1 amide bonds. The fourth-order valence-corrected chi connectivity index (χ4v) is 2.01. The number of unbranched alkanes of at least 4 members (excludes halogenated alkanes) is 1. The van der Waals surface area contributed by atoms with E-state index in [2.05, 4.69) is 24.4 Å². The van der Waals surface area contributed by atoms with Gasteiger partial charge in [-0.05, 0) is 24.1 Å². The van der Waals surface area contributed by atoms with Gasteiger partial charge in [-0.15, -0.1) is 0 Å². The van der Waals surface area contributed by atoms with Crippen molar-refractivity contribution in [1.29, 1.82) is 0 Å². The van der Waals surface area contributed by atoms with Gasteiger partial charge in [0.2, 0.25) is 0 Å². The van der Waals surface area contributed by atoms with Crippen LogP contribution in [-0.2, 0) is 6.54 Å². The van der Waals surface area contributed by atoms with Crippen LogP contribution in [0.2, 0.25) is 0 Å². The van der Waals surface area contributed by atoms with Crippen LogP contribution in [0.5, 0.6) is 0 Å². The van der Waals surface area contributed by atoms with Crippen LogP contribution in [0, 0.1) is 0 Å². The normalized spacial score (nSPS) is 10.4. The maximum absolute atomic E-state index is 12.1. The van der Waals surface area contributed by atoms with Gasteiger partial charge in [-0.2, -0.15) is 0 Å². The second-order valence-corrected chi connectivity index (χ2v) is 4.62. The summed E-state index contributed by atoms with van der Waals surface area (Å²) < 4.78 is 1.98. The fourth-order valence-electron chi connectivity index (χ4n) is 2.01. The van der Waals surface area contributed by atoms with Gasteiger partial charge in [0.15, 0.2) is 0 Å². The van der Waals surface area contributed by atoms with Gasteiger partial charge in [-0.1, -0.05) is 43.7 Å². The number of aromatic nitrogens is 1. The van der Waals surface area contributed by atoms with E-state index in [0.717, 1.165) is 31.6 Å². The van der Waals surface area contributed by atoms with Crippen LogP contribution in [0.4, 0.5) is 0 Å². The largest absolute Gasteiger partial charge is 0.351 e. The van der Waals surface area contributed by atoms with E-state index in [4.69, 9.17) is 0 Å². The van der Waals surface area contributed by atoms with E-state index < -0.39 is 0 Å². The SMILES string of the molecule is CCCCNC(=O)c1cccn1Cc1ccccc1. The summed E-state index contributed by atoms with van der Waals surface area (Å²) in [6, 6.07) is 13.9. The minimum atomic E-state index is 0.00869. The molecule has 0 aliphatic rings. The van der Waals surface area contributed by atoms with Crippen LogP contribution < -0.4 is 5.32 Å². The van der Waals surface area contributed by atoms with Crippen molar-refractivity contribution in [3.05, 3.63) is 59.9 Å². The number of nitrogens with zero attached hydrogens (tertiary/aromatic N) is 1. The summed E-state index contributed by atoms with van der Waals surface area (Å²) in [6.45, 7) is 3.58. The van der Waals surface area contributed by atoms with E-state index in [1.807, 2.05) is 41.1 Å². The molecule has 0 aliphatic heterocycles. The third-order valence-corrected chi connectivity index (χ3v) is 3.07. The van der Waals surface area contributed by atoms with Crippen LogP contribution in [0.15, 0.2) is 48.7 Å². The number of nitrogens with one attached hydrogen (secondary N) is 1. The van der Waals surface area contributed by atoms with Gasteiger partial charge < -0.3 is 9.88 Å². The summed E-state index contributed by atoms with van der Waals surface area (Å²) in [5, 5.41) is 2.95. The van der Waals surface area contributed by atoms with Crippen molar-refractivity contribution >= 4 is 5.91 Å². The molecule has 0 saturated carbocycles. The number of carbonyl (C=O) groups excluding carboxylic acids is 1. The molecule has 3 nitrogen and oxygen atoms in total. The molecule has 1 aromatic heterocycles. The number of hydrogen-bond acceptors (Lipinski definition) is 1. The minimum Gasteiger partial charge on any atom is -0.351 e. The highest BCUT2D eigenvalue weighted by Gasteiger charge is 2.09. The number of hydrogen-bond donors (Lipinski definition) is 1. The Hall–Kier alpha value is -2.03. The molecule has 19 heavy (non-hydrogen) atoms. The average molecular weight is 256 g/mol. The molecular formula is C16H20N2O. The first-order valence-electron chi connectivity index (χ1n) is 6.78. The van der Waals surface area contributed by atoms with Crippen molar-refractivity contribution in [2.45, 2.75) is 26.3 Å². The Kier molecular flexibility index (Phi) is 4.78. The van der Waals surface area contributed by atoms with Crippen LogP contribution >= 0.6 is 0 Å². The zero-order valence-corrected chi connectivity index (χ0v) is 11.3. The van der Waals surface area contributed by atoms with Crippen LogP contribution in [0.25, 0.3) is 0 Å².